The van der Waals surface area contributed by atoms with Gasteiger partial charge in [-0.25, -0.2) is 0 Å². The first kappa shape index (κ1) is 16.0. The van der Waals surface area contributed by atoms with Gasteiger partial charge in [-0.3, -0.25) is 4.21 Å². The van der Waals surface area contributed by atoms with Crippen LogP contribution in [0.2, 0.25) is 0 Å². The van der Waals surface area contributed by atoms with Crippen molar-refractivity contribution >= 4 is 16.5 Å². The van der Waals surface area contributed by atoms with Crippen LogP contribution in [0.15, 0.2) is 23.1 Å². The van der Waals surface area contributed by atoms with Crippen LogP contribution in [0.4, 0.5) is 18.9 Å². The predicted octanol–water partition coefficient (Wildman–Crippen LogP) is 2.65. The fourth-order valence-electron chi connectivity index (χ4n) is 1.47. The number of aryl methyl sites for hydroxylation is 1. The maximum atomic E-state index is 11.9. The van der Waals surface area contributed by atoms with E-state index in [1.807, 2.05) is 6.92 Å². The van der Waals surface area contributed by atoms with Crippen LogP contribution in [0.5, 0.6) is 0 Å². The van der Waals surface area contributed by atoms with Crippen LogP contribution in [0.3, 0.4) is 0 Å². The molecular weight excluding hydrogens is 279 g/mol. The van der Waals surface area contributed by atoms with Crippen LogP contribution in [-0.4, -0.2) is 29.4 Å². The first-order valence-electron chi connectivity index (χ1n) is 5.68. The topological polar surface area (TPSA) is 52.3 Å². The van der Waals surface area contributed by atoms with Crippen molar-refractivity contribution in [3.63, 3.8) is 0 Å². The molecule has 0 aromatic heterocycles. The molecule has 2 N–H and O–H groups in total. The molecule has 0 bridgehead atoms. The molecule has 0 spiro atoms. The highest BCUT2D eigenvalue weighted by Gasteiger charge is 2.27. The number of benzene rings is 1. The minimum Gasteiger partial charge on any atom is -0.398 e. The fraction of sp³-hybridized carbons (Fsp3) is 0.500. The Bertz CT molecular complexity index is 449. The molecule has 1 unspecified atom stereocenters. The van der Waals surface area contributed by atoms with E-state index < -0.39 is 23.6 Å². The second-order valence-corrected chi connectivity index (χ2v) is 5.65. The standard InChI is InChI=1S/C12H16F3NO2S/c1-9-3-4-11(10(16)7-9)19(17)6-2-5-18-8-12(13,14)15/h3-4,7H,2,5-6,8,16H2,1H3. The van der Waals surface area contributed by atoms with Crippen LogP contribution in [0.1, 0.15) is 12.0 Å². The van der Waals surface area contributed by atoms with Crippen molar-refractivity contribution in [2.24, 2.45) is 0 Å². The average molecular weight is 295 g/mol. The van der Waals surface area contributed by atoms with Gasteiger partial charge in [0.25, 0.3) is 0 Å². The summed E-state index contributed by atoms with van der Waals surface area (Å²) in [5.74, 6) is 0.227. The van der Waals surface area contributed by atoms with Crippen molar-refractivity contribution in [2.45, 2.75) is 24.4 Å². The summed E-state index contributed by atoms with van der Waals surface area (Å²) in [4.78, 5) is 0.515. The maximum Gasteiger partial charge on any atom is 0.411 e. The molecule has 1 rings (SSSR count). The van der Waals surface area contributed by atoms with E-state index in [-0.39, 0.29) is 18.8 Å². The highest BCUT2D eigenvalue weighted by atomic mass is 32.2. The van der Waals surface area contributed by atoms with Gasteiger partial charge in [0.15, 0.2) is 0 Å². The molecule has 1 aromatic rings. The van der Waals surface area contributed by atoms with Gasteiger partial charge in [-0.2, -0.15) is 13.2 Å². The van der Waals surface area contributed by atoms with Gasteiger partial charge in [-0.15, -0.1) is 0 Å². The smallest absolute Gasteiger partial charge is 0.398 e. The van der Waals surface area contributed by atoms with Crippen LogP contribution in [0, 0.1) is 6.92 Å². The lowest BCUT2D eigenvalue weighted by Crippen LogP contribution is -2.18. The first-order chi connectivity index (χ1) is 8.79. The summed E-state index contributed by atoms with van der Waals surface area (Å²) in [5, 5.41) is 0. The van der Waals surface area contributed by atoms with E-state index in [0.717, 1.165) is 5.56 Å². The Labute approximate surface area is 112 Å². The molecule has 1 atom stereocenters. The summed E-state index contributed by atoms with van der Waals surface area (Å²) in [6.07, 6.45) is -4.03. The third-order valence-electron chi connectivity index (χ3n) is 2.29. The molecule has 19 heavy (non-hydrogen) atoms. The molecule has 3 nitrogen and oxygen atoms in total. The van der Waals surface area contributed by atoms with Crippen LogP contribution >= 0.6 is 0 Å². The normalized spacial score (nSPS) is 13.5. The second kappa shape index (κ2) is 6.91. The van der Waals surface area contributed by atoms with Crippen molar-refractivity contribution in [2.75, 3.05) is 24.7 Å². The second-order valence-electron chi connectivity index (χ2n) is 4.11. The molecule has 0 radical (unpaired) electrons. The van der Waals surface area contributed by atoms with Gasteiger partial charge in [0.2, 0.25) is 0 Å². The number of alkyl halides is 3. The SMILES string of the molecule is Cc1ccc(S(=O)CCCOCC(F)(F)F)c(N)c1. The zero-order chi connectivity index (χ0) is 14.5. The Hall–Kier alpha value is -1.08. The molecule has 0 aliphatic heterocycles. The van der Waals surface area contributed by atoms with Crippen LogP contribution < -0.4 is 5.73 Å². The number of hydrogen-bond donors (Lipinski definition) is 1. The minimum absolute atomic E-state index is 0.0724. The molecular formula is C12H16F3NO2S. The molecule has 0 aliphatic carbocycles. The molecule has 0 heterocycles. The van der Waals surface area contributed by atoms with Crippen LogP contribution in [0.25, 0.3) is 0 Å². The van der Waals surface area contributed by atoms with Crippen LogP contribution in [-0.2, 0) is 15.5 Å². The Balaban J connectivity index is 2.36. The quantitative estimate of drug-likeness (QED) is 0.648. The maximum absolute atomic E-state index is 11.9. The number of ether oxygens (including phenoxy) is 1. The van der Waals surface area contributed by atoms with Crippen molar-refractivity contribution in [3.05, 3.63) is 23.8 Å². The molecule has 108 valence electrons. The summed E-state index contributed by atoms with van der Waals surface area (Å²) in [5.41, 5.74) is 7.14. The van der Waals surface area contributed by atoms with Crippen molar-refractivity contribution in [1.29, 1.82) is 0 Å². The number of nitrogens with two attached hydrogens (primary N) is 1. The molecule has 0 amide bonds. The first-order valence-corrected chi connectivity index (χ1v) is 7.00. The summed E-state index contributed by atoms with van der Waals surface area (Å²) in [7, 11) is -1.31. The Kier molecular flexibility index (Phi) is 5.81. The van der Waals surface area contributed by atoms with E-state index in [1.54, 1.807) is 18.2 Å². The van der Waals surface area contributed by atoms with E-state index >= 15 is 0 Å². The number of rotatable bonds is 6. The van der Waals surface area contributed by atoms with Crippen molar-refractivity contribution < 1.29 is 22.1 Å². The van der Waals surface area contributed by atoms with E-state index in [0.29, 0.717) is 10.6 Å². The summed E-state index contributed by atoms with van der Waals surface area (Å²) in [6.45, 7) is 0.525. The molecule has 1 aromatic carbocycles. The number of nitrogen functional groups attached to an aromatic ring is 1. The van der Waals surface area contributed by atoms with E-state index in [1.165, 1.54) is 0 Å². The molecule has 7 heteroatoms. The highest BCUT2D eigenvalue weighted by Crippen LogP contribution is 2.19. The number of halogens is 3. The lowest BCUT2D eigenvalue weighted by Gasteiger charge is -2.08. The van der Waals surface area contributed by atoms with E-state index in [4.69, 9.17) is 5.73 Å². The summed E-state index contributed by atoms with van der Waals surface area (Å²) in [6, 6.07) is 5.19. The zero-order valence-electron chi connectivity index (χ0n) is 10.5. The Morgan fingerprint density at radius 1 is 1.37 bits per heavy atom. The number of hydrogen-bond acceptors (Lipinski definition) is 3. The lowest BCUT2D eigenvalue weighted by molar-refractivity contribution is -0.173. The highest BCUT2D eigenvalue weighted by molar-refractivity contribution is 7.85. The van der Waals surface area contributed by atoms with Gasteiger partial charge in [-0.1, -0.05) is 6.07 Å². The molecule has 0 fully saturated rings. The largest absolute Gasteiger partial charge is 0.411 e. The summed E-state index contributed by atoms with van der Waals surface area (Å²) < 4.78 is 51.7. The summed E-state index contributed by atoms with van der Waals surface area (Å²) >= 11 is 0. The third-order valence-corrected chi connectivity index (χ3v) is 3.82. The fourth-order valence-corrected chi connectivity index (χ4v) is 2.61. The average Bonchev–Trinajstić information content (AvgIpc) is 2.26. The molecule has 0 saturated carbocycles. The van der Waals surface area contributed by atoms with E-state index in [9.17, 15) is 17.4 Å². The van der Waals surface area contributed by atoms with Crippen molar-refractivity contribution in [1.82, 2.24) is 0 Å². The predicted molar refractivity (Wildman–Crippen MR) is 68.4 cm³/mol. The minimum atomic E-state index is -4.32. The van der Waals surface area contributed by atoms with Gasteiger partial charge in [0.05, 0.1) is 15.7 Å². The van der Waals surface area contributed by atoms with Gasteiger partial charge in [-0.05, 0) is 31.0 Å². The lowest BCUT2D eigenvalue weighted by atomic mass is 10.2. The van der Waals surface area contributed by atoms with Crippen molar-refractivity contribution in [3.8, 4) is 0 Å². The Morgan fingerprint density at radius 3 is 2.63 bits per heavy atom. The number of anilines is 1. The molecule has 0 aliphatic rings. The monoisotopic (exact) mass is 295 g/mol. The Morgan fingerprint density at radius 2 is 2.05 bits per heavy atom. The van der Waals surface area contributed by atoms with Gasteiger partial charge < -0.3 is 10.5 Å². The third kappa shape index (κ3) is 6.07. The van der Waals surface area contributed by atoms with Gasteiger partial charge >= 0.3 is 6.18 Å². The molecule has 0 saturated heterocycles. The van der Waals surface area contributed by atoms with Gasteiger partial charge in [0.1, 0.15) is 6.61 Å². The van der Waals surface area contributed by atoms with Gasteiger partial charge in [0, 0.05) is 18.0 Å². The zero-order valence-corrected chi connectivity index (χ0v) is 11.3. The van der Waals surface area contributed by atoms with E-state index in [2.05, 4.69) is 4.74 Å².